The van der Waals surface area contributed by atoms with Crippen molar-refractivity contribution in [3.8, 4) is 0 Å². The van der Waals surface area contributed by atoms with Gasteiger partial charge in [0.15, 0.2) is 0 Å². The molecule has 0 aliphatic heterocycles. The van der Waals surface area contributed by atoms with E-state index in [1.54, 1.807) is 0 Å². The van der Waals surface area contributed by atoms with Gasteiger partial charge in [-0.2, -0.15) is 0 Å². The standard InChI is InChI=1S/C12H24O2.C6H13NO2/c1-2-3-4-5-6-7-8-9-10-11-12(13)14;1-2-3-4-5(7)6(8)9/h2-11H2,1H3,(H,13,14);5H,2-4,7H2,1H3,(H,8,9). The molecule has 4 N–H and O–H groups in total. The minimum atomic E-state index is -0.900. The summed E-state index contributed by atoms with van der Waals surface area (Å²) < 4.78 is 0. The van der Waals surface area contributed by atoms with Gasteiger partial charge in [0, 0.05) is 6.42 Å². The van der Waals surface area contributed by atoms with Crippen LogP contribution in [0.4, 0.5) is 0 Å². The SMILES string of the molecule is CCCCC(N)C(=O)O.CCCCCCCCCCCC(=O)O. The van der Waals surface area contributed by atoms with E-state index in [2.05, 4.69) is 6.92 Å². The van der Waals surface area contributed by atoms with Crippen LogP contribution in [0.25, 0.3) is 0 Å². The Morgan fingerprint density at radius 3 is 1.61 bits per heavy atom. The van der Waals surface area contributed by atoms with Crippen LogP contribution in [-0.4, -0.2) is 28.2 Å². The van der Waals surface area contributed by atoms with E-state index in [0.29, 0.717) is 12.8 Å². The van der Waals surface area contributed by atoms with Gasteiger partial charge in [0.05, 0.1) is 0 Å². The summed E-state index contributed by atoms with van der Waals surface area (Å²) in [6.07, 6.45) is 14.0. The van der Waals surface area contributed by atoms with Gasteiger partial charge in [-0.3, -0.25) is 9.59 Å². The van der Waals surface area contributed by atoms with E-state index in [0.717, 1.165) is 25.7 Å². The van der Waals surface area contributed by atoms with Crippen LogP contribution in [-0.2, 0) is 9.59 Å². The maximum Gasteiger partial charge on any atom is 0.320 e. The van der Waals surface area contributed by atoms with E-state index < -0.39 is 18.0 Å². The zero-order valence-corrected chi connectivity index (χ0v) is 15.1. The molecular weight excluding hydrogens is 294 g/mol. The van der Waals surface area contributed by atoms with Crippen LogP contribution in [0.5, 0.6) is 0 Å². The average molecular weight is 331 g/mol. The lowest BCUT2D eigenvalue weighted by Crippen LogP contribution is -2.29. The molecule has 1 atom stereocenters. The first-order valence-electron chi connectivity index (χ1n) is 9.15. The molecule has 0 radical (unpaired) electrons. The van der Waals surface area contributed by atoms with E-state index >= 15 is 0 Å². The van der Waals surface area contributed by atoms with Crippen molar-refractivity contribution in [3.63, 3.8) is 0 Å². The molecule has 0 saturated carbocycles. The van der Waals surface area contributed by atoms with Crippen molar-refractivity contribution in [2.75, 3.05) is 0 Å². The molecule has 0 aromatic carbocycles. The highest BCUT2D eigenvalue weighted by Crippen LogP contribution is 2.10. The number of aliphatic carboxylic acids is 2. The summed E-state index contributed by atoms with van der Waals surface area (Å²) >= 11 is 0. The van der Waals surface area contributed by atoms with Crippen molar-refractivity contribution in [1.29, 1.82) is 0 Å². The fourth-order valence-electron chi connectivity index (χ4n) is 2.13. The quantitative estimate of drug-likeness (QED) is 0.404. The van der Waals surface area contributed by atoms with Gasteiger partial charge in [-0.05, 0) is 12.8 Å². The Hall–Kier alpha value is -1.10. The molecule has 0 saturated heterocycles. The number of hydrogen-bond acceptors (Lipinski definition) is 3. The van der Waals surface area contributed by atoms with Crippen molar-refractivity contribution in [1.82, 2.24) is 0 Å². The number of hydrogen-bond donors (Lipinski definition) is 3. The molecule has 0 aromatic heterocycles. The van der Waals surface area contributed by atoms with E-state index in [1.165, 1.54) is 44.9 Å². The summed E-state index contributed by atoms with van der Waals surface area (Å²) in [5, 5.41) is 16.7. The van der Waals surface area contributed by atoms with Gasteiger partial charge in [0.1, 0.15) is 6.04 Å². The summed E-state index contributed by atoms with van der Waals surface area (Å²) in [5.41, 5.74) is 5.20. The van der Waals surface area contributed by atoms with E-state index in [9.17, 15) is 9.59 Å². The van der Waals surface area contributed by atoms with Gasteiger partial charge in [-0.15, -0.1) is 0 Å². The summed E-state index contributed by atoms with van der Waals surface area (Å²) in [6, 6.07) is -0.662. The molecule has 1 unspecified atom stereocenters. The smallest absolute Gasteiger partial charge is 0.320 e. The topological polar surface area (TPSA) is 101 Å². The Kier molecular flexibility index (Phi) is 19.9. The number of nitrogens with two attached hydrogens (primary N) is 1. The normalized spacial score (nSPS) is 11.4. The van der Waals surface area contributed by atoms with Crippen LogP contribution in [0.3, 0.4) is 0 Å². The summed E-state index contributed by atoms with van der Waals surface area (Å²) in [5.74, 6) is -1.56. The molecule has 5 heteroatoms. The molecule has 0 heterocycles. The summed E-state index contributed by atoms with van der Waals surface area (Å²) in [6.45, 7) is 4.24. The first-order valence-corrected chi connectivity index (χ1v) is 9.15. The van der Waals surface area contributed by atoms with Crippen molar-refractivity contribution in [3.05, 3.63) is 0 Å². The lowest BCUT2D eigenvalue weighted by atomic mass is 10.1. The van der Waals surface area contributed by atoms with Gasteiger partial charge >= 0.3 is 11.9 Å². The largest absolute Gasteiger partial charge is 0.481 e. The molecule has 138 valence electrons. The fourth-order valence-corrected chi connectivity index (χ4v) is 2.13. The molecule has 23 heavy (non-hydrogen) atoms. The maximum atomic E-state index is 10.2. The van der Waals surface area contributed by atoms with Crippen molar-refractivity contribution >= 4 is 11.9 Å². The summed E-state index contributed by atoms with van der Waals surface area (Å²) in [7, 11) is 0. The number of unbranched alkanes of at least 4 members (excludes halogenated alkanes) is 9. The molecule has 0 aromatic rings. The molecule has 5 nitrogen and oxygen atoms in total. The highest BCUT2D eigenvalue weighted by atomic mass is 16.4. The third-order valence-electron chi connectivity index (χ3n) is 3.68. The molecule has 0 rings (SSSR count). The van der Waals surface area contributed by atoms with Crippen molar-refractivity contribution in [2.45, 2.75) is 103 Å². The highest BCUT2D eigenvalue weighted by Gasteiger charge is 2.08. The van der Waals surface area contributed by atoms with Crippen LogP contribution in [0.1, 0.15) is 97.3 Å². The predicted octanol–water partition coefficient (Wildman–Crippen LogP) is 4.58. The molecule has 0 amide bonds. The van der Waals surface area contributed by atoms with Crippen LogP contribution < -0.4 is 5.73 Å². The monoisotopic (exact) mass is 331 g/mol. The minimum absolute atomic E-state index is 0.343. The Morgan fingerprint density at radius 1 is 0.783 bits per heavy atom. The Labute approximate surface area is 141 Å². The molecule has 0 aliphatic rings. The Morgan fingerprint density at radius 2 is 1.22 bits per heavy atom. The van der Waals surface area contributed by atoms with Gasteiger partial charge in [-0.1, -0.05) is 78.1 Å². The summed E-state index contributed by atoms with van der Waals surface area (Å²) in [4.78, 5) is 20.3. The predicted molar refractivity (Wildman–Crippen MR) is 94.6 cm³/mol. The Balaban J connectivity index is 0. The number of carboxylic acid groups (broad SMARTS) is 2. The van der Waals surface area contributed by atoms with Crippen molar-refractivity contribution < 1.29 is 19.8 Å². The Bertz CT molecular complexity index is 282. The highest BCUT2D eigenvalue weighted by molar-refractivity contribution is 5.72. The van der Waals surface area contributed by atoms with E-state index in [-0.39, 0.29) is 0 Å². The molecule has 0 aliphatic carbocycles. The van der Waals surface area contributed by atoms with Gasteiger partial charge in [0.25, 0.3) is 0 Å². The lowest BCUT2D eigenvalue weighted by molar-refractivity contribution is -0.139. The number of carboxylic acids is 2. The molecule has 0 fully saturated rings. The van der Waals surface area contributed by atoms with Crippen molar-refractivity contribution in [2.24, 2.45) is 5.73 Å². The molecule has 0 spiro atoms. The van der Waals surface area contributed by atoms with E-state index in [4.69, 9.17) is 15.9 Å². The molecular formula is C18H37NO4. The second-order valence-corrected chi connectivity index (χ2v) is 6.06. The van der Waals surface area contributed by atoms with Crippen LogP contribution in [0.15, 0.2) is 0 Å². The minimum Gasteiger partial charge on any atom is -0.481 e. The van der Waals surface area contributed by atoms with Gasteiger partial charge in [-0.25, -0.2) is 0 Å². The van der Waals surface area contributed by atoms with Crippen LogP contribution in [0.2, 0.25) is 0 Å². The number of rotatable bonds is 14. The third kappa shape index (κ3) is 23.3. The van der Waals surface area contributed by atoms with Gasteiger partial charge < -0.3 is 15.9 Å². The second-order valence-electron chi connectivity index (χ2n) is 6.06. The lowest BCUT2D eigenvalue weighted by Gasteiger charge is -2.02. The van der Waals surface area contributed by atoms with E-state index in [1.807, 2.05) is 6.92 Å². The number of carbonyl (C=O) groups is 2. The average Bonchev–Trinajstić information content (AvgIpc) is 2.51. The second kappa shape index (κ2) is 18.9. The first-order chi connectivity index (χ1) is 11.0. The van der Waals surface area contributed by atoms with Crippen LogP contribution >= 0.6 is 0 Å². The van der Waals surface area contributed by atoms with Crippen LogP contribution in [0, 0.1) is 0 Å². The zero-order valence-electron chi connectivity index (χ0n) is 15.1. The third-order valence-corrected chi connectivity index (χ3v) is 3.68. The maximum absolute atomic E-state index is 10.2. The first kappa shape index (κ1) is 24.2. The fraction of sp³-hybridized carbons (Fsp3) is 0.889. The van der Waals surface area contributed by atoms with Gasteiger partial charge in [0.2, 0.25) is 0 Å². The molecule has 0 bridgehead atoms. The zero-order chi connectivity index (χ0) is 17.9.